The van der Waals surface area contributed by atoms with Crippen LogP contribution in [0.3, 0.4) is 0 Å². The maximum Gasteiger partial charge on any atom is 0.164 e. The number of hydrogen-bond donors (Lipinski definition) is 0. The highest BCUT2D eigenvalue weighted by molar-refractivity contribution is 5.85. The van der Waals surface area contributed by atoms with Crippen molar-refractivity contribution in [3.05, 3.63) is 187 Å². The maximum atomic E-state index is 5.09. The molecule has 9 rings (SSSR count). The van der Waals surface area contributed by atoms with Crippen molar-refractivity contribution in [3.63, 3.8) is 0 Å². The Morgan fingerprint density at radius 1 is 0.280 bits per heavy atom. The van der Waals surface area contributed by atoms with Crippen LogP contribution in [0.5, 0.6) is 0 Å². The molecule has 1 aromatic heterocycles. The summed E-state index contributed by atoms with van der Waals surface area (Å²) in [6.45, 7) is 0. The summed E-state index contributed by atoms with van der Waals surface area (Å²) in [5.41, 5.74) is 15.2. The molecular formula is C47H35N3. The lowest BCUT2D eigenvalue weighted by molar-refractivity contribution is 1.07. The molecule has 0 aliphatic heterocycles. The molecule has 0 radical (unpaired) electrons. The first-order chi connectivity index (χ1) is 24.2. The van der Waals surface area contributed by atoms with Crippen LogP contribution in [0.4, 0.5) is 0 Å². The highest BCUT2D eigenvalue weighted by Gasteiger charge is 2.20. The van der Waals surface area contributed by atoms with Crippen molar-refractivity contribution >= 4 is 0 Å². The topological polar surface area (TPSA) is 38.7 Å². The molecule has 0 fully saturated rings. The molecule has 0 N–H and O–H groups in total. The van der Waals surface area contributed by atoms with Crippen LogP contribution in [-0.4, -0.2) is 15.0 Å². The molecule has 8 aromatic rings. The molecule has 0 bridgehead atoms. The molecule has 50 heavy (non-hydrogen) atoms. The van der Waals surface area contributed by atoms with Gasteiger partial charge in [0.25, 0.3) is 0 Å². The largest absolute Gasteiger partial charge is 0.208 e. The van der Waals surface area contributed by atoms with Gasteiger partial charge >= 0.3 is 0 Å². The van der Waals surface area contributed by atoms with Gasteiger partial charge in [0.2, 0.25) is 0 Å². The quantitative estimate of drug-likeness (QED) is 0.181. The second-order valence-corrected chi connectivity index (χ2v) is 12.5. The number of benzene rings is 7. The number of nitrogens with zero attached hydrogens (tertiary/aromatic N) is 3. The van der Waals surface area contributed by atoms with Crippen molar-refractivity contribution in [1.29, 1.82) is 0 Å². The Labute approximate surface area is 293 Å². The van der Waals surface area contributed by atoms with Gasteiger partial charge in [-0.15, -0.1) is 0 Å². The summed E-state index contributed by atoms with van der Waals surface area (Å²) < 4.78 is 0. The number of rotatable bonds is 6. The molecule has 1 aliphatic rings. The fraction of sp³-hybridized carbons (Fsp3) is 0.0426. The van der Waals surface area contributed by atoms with E-state index in [0.717, 1.165) is 39.8 Å². The van der Waals surface area contributed by atoms with Gasteiger partial charge in [-0.25, -0.2) is 15.0 Å². The maximum absolute atomic E-state index is 5.09. The van der Waals surface area contributed by atoms with Crippen LogP contribution in [0.2, 0.25) is 0 Å². The van der Waals surface area contributed by atoms with Crippen LogP contribution in [-0.2, 0) is 6.42 Å². The summed E-state index contributed by atoms with van der Waals surface area (Å²) in [6.07, 6.45) is 0.972. The Kier molecular flexibility index (Phi) is 8.16. The van der Waals surface area contributed by atoms with E-state index in [0.29, 0.717) is 17.5 Å². The van der Waals surface area contributed by atoms with Gasteiger partial charge in [0.05, 0.1) is 0 Å². The van der Waals surface area contributed by atoms with Gasteiger partial charge in [0.1, 0.15) is 0 Å². The van der Waals surface area contributed by atoms with E-state index in [4.69, 9.17) is 15.0 Å². The second kappa shape index (κ2) is 13.2. The average molecular weight is 642 g/mol. The molecule has 0 unspecified atom stereocenters. The molecular weight excluding hydrogens is 607 g/mol. The SMILES string of the molecule is C.c1ccc(-c2ccc(-c3cc(-c4ccc5c(c4)-c4ccccc4C5)cc(-c4nc(-c5ccccc5)nc(-c5ccccc5)n4)c3)cc2)cc1. The molecule has 1 aliphatic carbocycles. The Morgan fingerprint density at radius 2 is 0.680 bits per heavy atom. The van der Waals surface area contributed by atoms with Crippen molar-refractivity contribution in [3.8, 4) is 78.7 Å². The fourth-order valence-corrected chi connectivity index (χ4v) is 6.82. The van der Waals surface area contributed by atoms with E-state index < -0.39 is 0 Å². The molecule has 0 saturated heterocycles. The average Bonchev–Trinajstić information content (AvgIpc) is 3.57. The molecule has 0 saturated carbocycles. The van der Waals surface area contributed by atoms with Crippen LogP contribution in [0.25, 0.3) is 78.7 Å². The van der Waals surface area contributed by atoms with Crippen molar-refractivity contribution in [2.45, 2.75) is 13.8 Å². The van der Waals surface area contributed by atoms with E-state index in [1.165, 1.54) is 38.9 Å². The number of hydrogen-bond acceptors (Lipinski definition) is 3. The smallest absolute Gasteiger partial charge is 0.164 e. The van der Waals surface area contributed by atoms with Crippen LogP contribution in [0.1, 0.15) is 18.6 Å². The van der Waals surface area contributed by atoms with E-state index in [2.05, 4.69) is 115 Å². The summed E-state index contributed by atoms with van der Waals surface area (Å²) in [6, 6.07) is 62.0. The van der Waals surface area contributed by atoms with Crippen LogP contribution < -0.4 is 0 Å². The third kappa shape index (κ3) is 5.91. The lowest BCUT2D eigenvalue weighted by atomic mass is 9.93. The summed E-state index contributed by atoms with van der Waals surface area (Å²) >= 11 is 0. The minimum Gasteiger partial charge on any atom is -0.208 e. The molecule has 0 spiro atoms. The zero-order valence-electron chi connectivity index (χ0n) is 26.8. The first-order valence-electron chi connectivity index (χ1n) is 16.6. The lowest BCUT2D eigenvalue weighted by Crippen LogP contribution is -2.00. The third-order valence-corrected chi connectivity index (χ3v) is 9.35. The molecule has 1 heterocycles. The van der Waals surface area contributed by atoms with E-state index in [1.54, 1.807) is 0 Å². The van der Waals surface area contributed by atoms with Crippen molar-refractivity contribution < 1.29 is 0 Å². The van der Waals surface area contributed by atoms with Crippen molar-refractivity contribution in [1.82, 2.24) is 15.0 Å². The number of fused-ring (bicyclic) bond motifs is 3. The second-order valence-electron chi connectivity index (χ2n) is 12.5. The highest BCUT2D eigenvalue weighted by Crippen LogP contribution is 2.40. The molecule has 238 valence electrons. The molecule has 3 nitrogen and oxygen atoms in total. The van der Waals surface area contributed by atoms with E-state index in [1.807, 2.05) is 60.7 Å². The Bertz CT molecular complexity index is 2380. The predicted molar refractivity (Wildman–Crippen MR) is 207 cm³/mol. The molecule has 7 aromatic carbocycles. The van der Waals surface area contributed by atoms with E-state index >= 15 is 0 Å². The zero-order valence-corrected chi connectivity index (χ0v) is 26.8. The summed E-state index contributed by atoms with van der Waals surface area (Å²) in [5.74, 6) is 1.94. The van der Waals surface area contributed by atoms with Gasteiger partial charge < -0.3 is 0 Å². The van der Waals surface area contributed by atoms with Gasteiger partial charge in [-0.05, 0) is 86.3 Å². The summed E-state index contributed by atoms with van der Waals surface area (Å²) in [5, 5.41) is 0. The van der Waals surface area contributed by atoms with E-state index in [-0.39, 0.29) is 7.43 Å². The minimum atomic E-state index is 0. The number of aromatic nitrogens is 3. The summed E-state index contributed by atoms with van der Waals surface area (Å²) in [7, 11) is 0. The van der Waals surface area contributed by atoms with Gasteiger partial charge in [-0.2, -0.15) is 0 Å². The monoisotopic (exact) mass is 641 g/mol. The van der Waals surface area contributed by atoms with Gasteiger partial charge in [-0.3, -0.25) is 0 Å². The van der Waals surface area contributed by atoms with E-state index in [9.17, 15) is 0 Å². The highest BCUT2D eigenvalue weighted by atomic mass is 15.0. The first-order valence-corrected chi connectivity index (χ1v) is 16.6. The van der Waals surface area contributed by atoms with Crippen LogP contribution in [0.15, 0.2) is 176 Å². The fourth-order valence-electron chi connectivity index (χ4n) is 6.82. The van der Waals surface area contributed by atoms with Gasteiger partial charge in [0.15, 0.2) is 17.5 Å². The predicted octanol–water partition coefficient (Wildman–Crippen LogP) is 12.1. The first kappa shape index (κ1) is 30.9. The Balaban J connectivity index is 0.00000361. The Morgan fingerprint density at radius 3 is 1.28 bits per heavy atom. The molecule has 0 amide bonds. The standard InChI is InChI=1S/C46H31N3.CH4/c1-4-12-31(13-5-1)32-20-22-33(23-21-32)39-27-40(36-24-25-38-26-37-18-10-11-19-42(37)43(38)30-36)29-41(28-39)46-48-44(34-14-6-2-7-15-34)47-45(49-46)35-16-8-3-9-17-35;/h1-25,27-30H,26H2;1H4. The van der Waals surface area contributed by atoms with Crippen molar-refractivity contribution in [2.75, 3.05) is 0 Å². The van der Waals surface area contributed by atoms with Crippen LogP contribution >= 0.6 is 0 Å². The summed E-state index contributed by atoms with van der Waals surface area (Å²) in [4.78, 5) is 15.1. The molecule has 3 heteroatoms. The third-order valence-electron chi connectivity index (χ3n) is 9.35. The van der Waals surface area contributed by atoms with Gasteiger partial charge in [0, 0.05) is 16.7 Å². The van der Waals surface area contributed by atoms with Gasteiger partial charge in [-0.1, -0.05) is 159 Å². The zero-order chi connectivity index (χ0) is 32.6. The molecule has 0 atom stereocenters. The van der Waals surface area contributed by atoms with Crippen LogP contribution in [0, 0.1) is 0 Å². The minimum absolute atomic E-state index is 0. The Hall–Kier alpha value is -6.45. The normalized spacial score (nSPS) is 11.4. The lowest BCUT2D eigenvalue weighted by Gasteiger charge is -2.14. The van der Waals surface area contributed by atoms with Crippen molar-refractivity contribution in [2.24, 2.45) is 0 Å².